The predicted molar refractivity (Wildman–Crippen MR) is 124 cm³/mol. The first-order valence-corrected chi connectivity index (χ1v) is 10.3. The Labute approximate surface area is 190 Å². The van der Waals surface area contributed by atoms with Gasteiger partial charge in [-0.2, -0.15) is 4.98 Å². The van der Waals surface area contributed by atoms with Crippen LogP contribution in [0.5, 0.6) is 0 Å². The van der Waals surface area contributed by atoms with Crippen molar-refractivity contribution in [1.29, 1.82) is 0 Å². The van der Waals surface area contributed by atoms with E-state index in [1.54, 1.807) is 24.3 Å². The van der Waals surface area contributed by atoms with Crippen LogP contribution in [-0.2, 0) is 4.79 Å². The number of rotatable bonds is 6. The molecule has 10 heteroatoms. The van der Waals surface area contributed by atoms with Crippen LogP contribution in [0.3, 0.4) is 0 Å². The summed E-state index contributed by atoms with van der Waals surface area (Å²) in [5.74, 6) is -0.490. The summed E-state index contributed by atoms with van der Waals surface area (Å²) in [7, 11) is 0. The van der Waals surface area contributed by atoms with Gasteiger partial charge in [-0.3, -0.25) is 14.4 Å². The van der Waals surface area contributed by atoms with E-state index in [1.165, 1.54) is 11.1 Å². The van der Waals surface area contributed by atoms with Crippen LogP contribution in [0, 0.1) is 6.92 Å². The van der Waals surface area contributed by atoms with E-state index in [9.17, 15) is 14.4 Å². The molecule has 0 radical (unpaired) electrons. The molecule has 0 saturated carbocycles. The van der Waals surface area contributed by atoms with E-state index in [0.29, 0.717) is 24.3 Å². The van der Waals surface area contributed by atoms with Gasteiger partial charge in [0.15, 0.2) is 0 Å². The molecule has 1 saturated heterocycles. The molecule has 3 amide bonds. The number of carbonyl (C=O) groups is 3. The van der Waals surface area contributed by atoms with Gasteiger partial charge in [0.05, 0.1) is 6.54 Å². The summed E-state index contributed by atoms with van der Waals surface area (Å²) in [6.45, 7) is 2.93. The highest BCUT2D eigenvalue weighted by Crippen LogP contribution is 2.22. The van der Waals surface area contributed by atoms with E-state index in [0.717, 1.165) is 11.3 Å². The second-order valence-electron chi connectivity index (χ2n) is 7.59. The maximum absolute atomic E-state index is 12.6. The molecule has 0 unspecified atom stereocenters. The van der Waals surface area contributed by atoms with Crippen molar-refractivity contribution in [3.63, 3.8) is 0 Å². The number of aromatic nitrogens is 2. The van der Waals surface area contributed by atoms with Crippen LogP contribution in [0.25, 0.3) is 0 Å². The topological polar surface area (TPSA) is 142 Å². The second kappa shape index (κ2) is 9.35. The number of hydrogen-bond donors (Lipinski definition) is 4. The molecule has 3 aromatic rings. The molecule has 168 valence electrons. The van der Waals surface area contributed by atoms with Crippen molar-refractivity contribution in [2.24, 2.45) is 5.73 Å². The van der Waals surface area contributed by atoms with Crippen molar-refractivity contribution >= 4 is 40.9 Å². The Bertz CT molecular complexity index is 1210. The molecule has 0 bridgehead atoms. The fourth-order valence-corrected chi connectivity index (χ4v) is 3.40. The number of primary amides is 1. The molecule has 1 aliphatic heterocycles. The van der Waals surface area contributed by atoms with Crippen molar-refractivity contribution in [3.05, 3.63) is 71.4 Å². The van der Waals surface area contributed by atoms with Gasteiger partial charge < -0.3 is 26.6 Å². The first-order chi connectivity index (χ1) is 15.9. The summed E-state index contributed by atoms with van der Waals surface area (Å²) >= 11 is 0. The number of nitrogens with two attached hydrogens (primary N) is 1. The van der Waals surface area contributed by atoms with Crippen molar-refractivity contribution in [3.8, 4) is 0 Å². The highest BCUT2D eigenvalue weighted by atomic mass is 16.2. The summed E-state index contributed by atoms with van der Waals surface area (Å²) in [5, 5.41) is 8.86. The Morgan fingerprint density at radius 1 is 1.09 bits per heavy atom. The molecule has 0 aliphatic carbocycles. The number of hydrogen-bond acceptors (Lipinski definition) is 7. The lowest BCUT2D eigenvalue weighted by Gasteiger charge is -2.26. The molecule has 0 spiro atoms. The van der Waals surface area contributed by atoms with Gasteiger partial charge in [0.25, 0.3) is 11.8 Å². The maximum atomic E-state index is 12.6. The zero-order valence-corrected chi connectivity index (χ0v) is 18.0. The molecule has 10 nitrogen and oxygen atoms in total. The van der Waals surface area contributed by atoms with Gasteiger partial charge in [-0.1, -0.05) is 12.1 Å². The molecule has 33 heavy (non-hydrogen) atoms. The number of aryl methyl sites for hydroxylation is 1. The molecule has 1 aromatic heterocycles. The van der Waals surface area contributed by atoms with E-state index < -0.39 is 5.91 Å². The summed E-state index contributed by atoms with van der Waals surface area (Å²) < 4.78 is 0. The number of amides is 3. The van der Waals surface area contributed by atoms with E-state index >= 15 is 0 Å². The fourth-order valence-electron chi connectivity index (χ4n) is 3.40. The van der Waals surface area contributed by atoms with E-state index in [4.69, 9.17) is 5.73 Å². The number of nitrogens with one attached hydrogen (secondary N) is 3. The number of nitrogens with zero attached hydrogens (tertiary/aromatic N) is 3. The molecular formula is C23H23N7O3. The summed E-state index contributed by atoms with van der Waals surface area (Å²) in [6, 6.07) is 14.4. The van der Waals surface area contributed by atoms with E-state index in [1.807, 2.05) is 31.2 Å². The Morgan fingerprint density at radius 2 is 1.88 bits per heavy atom. The van der Waals surface area contributed by atoms with Gasteiger partial charge in [-0.05, 0) is 48.9 Å². The quantitative estimate of drug-likeness (QED) is 0.454. The van der Waals surface area contributed by atoms with Crippen LogP contribution in [0.2, 0.25) is 0 Å². The highest BCUT2D eigenvalue weighted by Gasteiger charge is 2.22. The highest BCUT2D eigenvalue weighted by molar-refractivity contribution is 5.98. The molecule has 1 fully saturated rings. The summed E-state index contributed by atoms with van der Waals surface area (Å²) in [5.41, 5.74) is 8.57. The molecule has 4 rings (SSSR count). The van der Waals surface area contributed by atoms with E-state index in [-0.39, 0.29) is 35.7 Å². The van der Waals surface area contributed by atoms with Crippen LogP contribution in [0.15, 0.2) is 54.7 Å². The average Bonchev–Trinajstić information content (AvgIpc) is 2.79. The van der Waals surface area contributed by atoms with Gasteiger partial charge in [0, 0.05) is 36.2 Å². The zero-order chi connectivity index (χ0) is 23.4. The van der Waals surface area contributed by atoms with Gasteiger partial charge in [-0.25, -0.2) is 4.98 Å². The number of piperazine rings is 1. The largest absolute Gasteiger partial charge is 0.365 e. The maximum Gasteiger partial charge on any atom is 0.254 e. The Hall–Kier alpha value is -4.47. The van der Waals surface area contributed by atoms with Gasteiger partial charge >= 0.3 is 0 Å². The first-order valence-electron chi connectivity index (χ1n) is 10.3. The minimum Gasteiger partial charge on any atom is -0.365 e. The van der Waals surface area contributed by atoms with Crippen LogP contribution >= 0.6 is 0 Å². The Balaban J connectivity index is 1.51. The Kier molecular flexibility index (Phi) is 6.16. The lowest BCUT2D eigenvalue weighted by Crippen LogP contribution is -2.49. The monoisotopic (exact) mass is 445 g/mol. The molecule has 2 aromatic carbocycles. The van der Waals surface area contributed by atoms with Crippen molar-refractivity contribution in [2.45, 2.75) is 6.92 Å². The van der Waals surface area contributed by atoms with Crippen molar-refractivity contribution in [1.82, 2.24) is 20.2 Å². The molecule has 2 heterocycles. The van der Waals surface area contributed by atoms with Crippen molar-refractivity contribution < 1.29 is 14.4 Å². The predicted octanol–water partition coefficient (Wildman–Crippen LogP) is 1.94. The van der Waals surface area contributed by atoms with Gasteiger partial charge in [-0.15, -0.1) is 0 Å². The van der Waals surface area contributed by atoms with Crippen molar-refractivity contribution in [2.75, 3.05) is 30.3 Å². The lowest BCUT2D eigenvalue weighted by molar-refractivity contribution is -0.123. The average molecular weight is 445 g/mol. The first kappa shape index (κ1) is 21.8. The smallest absolute Gasteiger partial charge is 0.254 e. The van der Waals surface area contributed by atoms with E-state index in [2.05, 4.69) is 25.9 Å². The fraction of sp³-hybridized carbons (Fsp3) is 0.174. The lowest BCUT2D eigenvalue weighted by atomic mass is 10.1. The van der Waals surface area contributed by atoms with Gasteiger partial charge in [0.1, 0.15) is 11.4 Å². The van der Waals surface area contributed by atoms with Crippen LogP contribution in [0.4, 0.5) is 23.1 Å². The molecule has 5 N–H and O–H groups in total. The number of benzene rings is 2. The third kappa shape index (κ3) is 5.24. The molecule has 1 aliphatic rings. The Morgan fingerprint density at radius 3 is 2.58 bits per heavy atom. The summed E-state index contributed by atoms with van der Waals surface area (Å²) in [6.07, 6.45) is 1.36. The van der Waals surface area contributed by atoms with Gasteiger partial charge in [0.2, 0.25) is 11.9 Å². The van der Waals surface area contributed by atoms with Crippen LogP contribution < -0.4 is 21.7 Å². The SMILES string of the molecule is Cc1cccc(Nc2nc(Nc3ccc(C(=O)N4CCNC(=O)C4)cc3)ncc2C(N)=O)c1. The minimum absolute atomic E-state index is 0.0512. The van der Waals surface area contributed by atoms with Crippen LogP contribution in [0.1, 0.15) is 26.3 Å². The third-order valence-corrected chi connectivity index (χ3v) is 5.05. The number of anilines is 4. The zero-order valence-electron chi connectivity index (χ0n) is 18.0. The summed E-state index contributed by atoms with van der Waals surface area (Å²) in [4.78, 5) is 46.0. The minimum atomic E-state index is -0.647. The number of carbonyl (C=O) groups excluding carboxylic acids is 3. The molecule has 0 atom stereocenters. The standard InChI is InChI=1S/C23H23N7O3/c1-14-3-2-4-17(11-14)27-21-18(20(24)32)12-26-23(29-21)28-16-7-5-15(6-8-16)22(33)30-10-9-25-19(31)13-30/h2-8,11-12H,9-10,13H2,1H3,(H2,24,32)(H,25,31)(H2,26,27,28,29). The normalized spacial score (nSPS) is 13.2. The second-order valence-corrected chi connectivity index (χ2v) is 7.59. The van der Waals surface area contributed by atoms with Crippen LogP contribution in [-0.4, -0.2) is 52.2 Å². The molecular weight excluding hydrogens is 422 g/mol. The third-order valence-electron chi connectivity index (χ3n) is 5.05.